The first kappa shape index (κ1) is 25.7. The minimum atomic E-state index is -1.14. The van der Waals surface area contributed by atoms with Crippen molar-refractivity contribution in [1.29, 1.82) is 0 Å². The number of halogens is 2. The summed E-state index contributed by atoms with van der Waals surface area (Å²) in [5, 5.41) is 23.9. The SMILES string of the molecule is COc1ccc2nc(C3=NC(c4ccc(F)cc4Br)C(C(=O)O)=C(CN4CCOCC4CO)N3)sc2c1. The first-order valence-corrected chi connectivity index (χ1v) is 13.1. The number of carboxylic acid groups (broad SMARTS) is 1. The number of aliphatic carboxylic acids is 1. The third kappa shape index (κ3) is 5.25. The van der Waals surface area contributed by atoms with Gasteiger partial charge in [0.15, 0.2) is 10.8 Å². The van der Waals surface area contributed by atoms with Gasteiger partial charge < -0.3 is 25.0 Å². The van der Waals surface area contributed by atoms with Crippen molar-refractivity contribution >= 4 is 49.3 Å². The molecule has 0 bridgehead atoms. The minimum Gasteiger partial charge on any atom is -0.497 e. The van der Waals surface area contributed by atoms with E-state index in [-0.39, 0.29) is 24.8 Å². The zero-order chi connectivity index (χ0) is 26.1. The molecule has 37 heavy (non-hydrogen) atoms. The molecule has 1 fully saturated rings. The van der Waals surface area contributed by atoms with Gasteiger partial charge in [-0.3, -0.25) is 9.89 Å². The highest BCUT2D eigenvalue weighted by molar-refractivity contribution is 9.10. The Morgan fingerprint density at radius 2 is 2.19 bits per heavy atom. The fourth-order valence-electron chi connectivity index (χ4n) is 4.43. The maximum Gasteiger partial charge on any atom is 0.335 e. The number of amidine groups is 1. The van der Waals surface area contributed by atoms with Crippen molar-refractivity contribution in [1.82, 2.24) is 15.2 Å². The summed E-state index contributed by atoms with van der Waals surface area (Å²) in [5.41, 5.74) is 1.74. The summed E-state index contributed by atoms with van der Waals surface area (Å²) in [7, 11) is 1.59. The Kier molecular flexibility index (Phi) is 7.54. The Morgan fingerprint density at radius 1 is 1.35 bits per heavy atom. The summed E-state index contributed by atoms with van der Waals surface area (Å²) in [6.07, 6.45) is 0. The second-order valence-corrected chi connectivity index (χ2v) is 10.5. The molecule has 0 amide bonds. The molecule has 5 rings (SSSR count). The Balaban J connectivity index is 1.62. The molecule has 12 heteroatoms. The molecule has 3 aromatic rings. The molecule has 1 aromatic heterocycles. The molecule has 2 aliphatic heterocycles. The van der Waals surface area contributed by atoms with E-state index in [4.69, 9.17) is 19.5 Å². The van der Waals surface area contributed by atoms with E-state index in [1.165, 1.54) is 29.5 Å². The summed E-state index contributed by atoms with van der Waals surface area (Å²) < 4.78 is 26.0. The van der Waals surface area contributed by atoms with Crippen molar-refractivity contribution in [3.8, 4) is 5.75 Å². The van der Waals surface area contributed by atoms with Crippen LogP contribution in [0, 0.1) is 5.82 Å². The van der Waals surface area contributed by atoms with Gasteiger partial charge in [-0.2, -0.15) is 0 Å². The second kappa shape index (κ2) is 10.8. The fraction of sp³-hybridized carbons (Fsp3) is 0.320. The fourth-order valence-corrected chi connectivity index (χ4v) is 5.94. The number of aliphatic hydroxyl groups excluding tert-OH is 1. The minimum absolute atomic E-state index is 0.0435. The first-order valence-electron chi connectivity index (χ1n) is 11.5. The van der Waals surface area contributed by atoms with Gasteiger partial charge in [0.2, 0.25) is 0 Å². The van der Waals surface area contributed by atoms with Gasteiger partial charge >= 0.3 is 5.97 Å². The van der Waals surface area contributed by atoms with E-state index in [2.05, 4.69) is 21.2 Å². The van der Waals surface area contributed by atoms with Crippen molar-refractivity contribution in [2.24, 2.45) is 4.99 Å². The van der Waals surface area contributed by atoms with Crippen LogP contribution in [0.4, 0.5) is 4.39 Å². The van der Waals surface area contributed by atoms with Gasteiger partial charge in [-0.15, -0.1) is 11.3 Å². The van der Waals surface area contributed by atoms with Crippen molar-refractivity contribution in [3.63, 3.8) is 0 Å². The molecule has 2 aromatic carbocycles. The number of thiazole rings is 1. The van der Waals surface area contributed by atoms with Crippen LogP contribution in [-0.4, -0.2) is 78.0 Å². The topological polar surface area (TPSA) is 117 Å². The van der Waals surface area contributed by atoms with Crippen LogP contribution in [0.3, 0.4) is 0 Å². The summed E-state index contributed by atoms with van der Waals surface area (Å²) in [4.78, 5) is 24.1. The van der Waals surface area contributed by atoms with Crippen LogP contribution in [0.5, 0.6) is 5.75 Å². The standard InChI is InChI=1S/C25H24BrFN4O5S/c1-35-15-3-5-18-20(9-15)37-24(29-18)23-28-19(10-31-6-7-36-12-14(31)11-32)21(25(33)34)22(30-23)16-4-2-13(27)8-17(16)26/h2-5,8-9,14,22,32H,6-7,10-12H2,1H3,(H,28,30)(H,33,34). The third-order valence-corrected chi connectivity index (χ3v) is 8.04. The van der Waals surface area contributed by atoms with Crippen LogP contribution in [0.15, 0.2) is 57.1 Å². The highest BCUT2D eigenvalue weighted by Gasteiger charge is 2.35. The monoisotopic (exact) mass is 590 g/mol. The highest BCUT2D eigenvalue weighted by atomic mass is 79.9. The number of aliphatic imine (C=N–C) groups is 1. The zero-order valence-electron chi connectivity index (χ0n) is 19.8. The predicted octanol–water partition coefficient (Wildman–Crippen LogP) is 3.33. The Bertz CT molecular complexity index is 1410. The lowest BCUT2D eigenvalue weighted by Crippen LogP contribution is -2.50. The Hall–Kier alpha value is -2.90. The first-order chi connectivity index (χ1) is 17.9. The number of aliphatic hydroxyl groups is 1. The number of benzene rings is 2. The number of ether oxygens (including phenoxy) is 2. The average molecular weight is 591 g/mol. The Labute approximate surface area is 224 Å². The van der Waals surface area contributed by atoms with Gasteiger partial charge in [-0.25, -0.2) is 14.2 Å². The smallest absolute Gasteiger partial charge is 0.335 e. The van der Waals surface area contributed by atoms with Gasteiger partial charge in [-0.05, 0) is 35.9 Å². The van der Waals surface area contributed by atoms with Gasteiger partial charge in [0.25, 0.3) is 0 Å². The molecule has 1 saturated heterocycles. The van der Waals surface area contributed by atoms with Crippen LogP contribution < -0.4 is 10.1 Å². The van der Waals surface area contributed by atoms with Crippen LogP contribution in [0.1, 0.15) is 16.6 Å². The van der Waals surface area contributed by atoms with Gasteiger partial charge in [-0.1, -0.05) is 22.0 Å². The number of hydrogen-bond donors (Lipinski definition) is 3. The van der Waals surface area contributed by atoms with Gasteiger partial charge in [0, 0.05) is 23.3 Å². The molecule has 9 nitrogen and oxygen atoms in total. The quantitative estimate of drug-likeness (QED) is 0.384. The number of nitrogens with one attached hydrogen (secondary N) is 1. The van der Waals surface area contributed by atoms with E-state index in [0.717, 1.165) is 10.2 Å². The Morgan fingerprint density at radius 3 is 2.92 bits per heavy atom. The van der Waals surface area contributed by atoms with E-state index in [1.807, 2.05) is 23.1 Å². The highest BCUT2D eigenvalue weighted by Crippen LogP contribution is 2.37. The number of rotatable bonds is 7. The van der Waals surface area contributed by atoms with Crippen molar-refractivity contribution in [2.75, 3.05) is 40.0 Å². The van der Waals surface area contributed by atoms with Crippen LogP contribution in [0.25, 0.3) is 10.2 Å². The van der Waals surface area contributed by atoms with Crippen LogP contribution >= 0.6 is 27.3 Å². The third-order valence-electron chi connectivity index (χ3n) is 6.33. The number of hydrogen-bond acceptors (Lipinski definition) is 9. The van der Waals surface area contributed by atoms with Crippen molar-refractivity contribution in [3.05, 3.63) is 68.5 Å². The molecule has 2 unspecified atom stereocenters. The number of morpholine rings is 1. The number of carboxylic acids is 1. The maximum atomic E-state index is 13.9. The largest absolute Gasteiger partial charge is 0.497 e. The van der Waals surface area contributed by atoms with E-state index in [1.54, 1.807) is 7.11 Å². The molecule has 0 radical (unpaired) electrons. The van der Waals surface area contributed by atoms with Crippen molar-refractivity contribution < 1.29 is 28.9 Å². The predicted molar refractivity (Wildman–Crippen MR) is 141 cm³/mol. The molecular formula is C25H24BrFN4O5S. The number of carbonyl (C=O) groups is 1. The molecular weight excluding hydrogens is 567 g/mol. The molecule has 2 aliphatic rings. The van der Waals surface area contributed by atoms with Crippen LogP contribution in [0.2, 0.25) is 0 Å². The molecule has 0 aliphatic carbocycles. The lowest BCUT2D eigenvalue weighted by Gasteiger charge is -2.36. The summed E-state index contributed by atoms with van der Waals surface area (Å²) in [5.74, 6) is -0.482. The average Bonchev–Trinajstić information content (AvgIpc) is 3.32. The zero-order valence-corrected chi connectivity index (χ0v) is 22.2. The lowest BCUT2D eigenvalue weighted by molar-refractivity contribution is -0.133. The molecule has 3 N–H and O–H groups in total. The second-order valence-electron chi connectivity index (χ2n) is 8.60. The summed E-state index contributed by atoms with van der Waals surface area (Å²) >= 11 is 4.79. The molecule has 2 atom stereocenters. The lowest BCUT2D eigenvalue weighted by atomic mass is 9.95. The summed E-state index contributed by atoms with van der Waals surface area (Å²) in [6, 6.07) is 8.47. The van der Waals surface area contributed by atoms with Crippen LogP contribution in [-0.2, 0) is 9.53 Å². The number of fused-ring (bicyclic) bond motifs is 1. The van der Waals surface area contributed by atoms with Crippen molar-refractivity contribution in [2.45, 2.75) is 12.1 Å². The molecule has 3 heterocycles. The van der Waals surface area contributed by atoms with E-state index in [0.29, 0.717) is 52.1 Å². The number of aromatic nitrogens is 1. The maximum absolute atomic E-state index is 13.9. The normalized spacial score (nSPS) is 20.6. The van der Waals surface area contributed by atoms with E-state index in [9.17, 15) is 19.4 Å². The van der Waals surface area contributed by atoms with Gasteiger partial charge in [0.05, 0.1) is 48.8 Å². The van der Waals surface area contributed by atoms with E-state index < -0.39 is 17.8 Å². The van der Waals surface area contributed by atoms with Gasteiger partial charge in [0.1, 0.15) is 17.6 Å². The van der Waals surface area contributed by atoms with E-state index >= 15 is 0 Å². The molecule has 0 spiro atoms. The molecule has 0 saturated carbocycles. The molecule has 194 valence electrons. The summed E-state index contributed by atoms with van der Waals surface area (Å²) in [6.45, 7) is 1.45. The number of nitrogens with zero attached hydrogens (tertiary/aromatic N) is 3. The number of methoxy groups -OCH3 is 1.